The molecule has 0 aliphatic carbocycles. The summed E-state index contributed by atoms with van der Waals surface area (Å²) in [4.78, 5) is 37.1. The third kappa shape index (κ3) is 4.64. The lowest BCUT2D eigenvalue weighted by atomic mass is 10.1. The fraction of sp³-hybridized carbons (Fsp3) is 0.545. The van der Waals surface area contributed by atoms with Gasteiger partial charge in [-0.25, -0.2) is 24.9 Å². The lowest BCUT2D eigenvalue weighted by Gasteiger charge is -2.37. The van der Waals surface area contributed by atoms with E-state index in [9.17, 15) is 9.90 Å². The van der Waals surface area contributed by atoms with Gasteiger partial charge in [-0.3, -0.25) is 4.79 Å². The molecule has 0 aromatic carbocycles. The molecule has 2 N–H and O–H groups in total. The van der Waals surface area contributed by atoms with E-state index in [4.69, 9.17) is 9.72 Å². The van der Waals surface area contributed by atoms with Crippen molar-refractivity contribution in [3.63, 3.8) is 0 Å². The van der Waals surface area contributed by atoms with Gasteiger partial charge in [-0.1, -0.05) is 0 Å². The molecule has 0 saturated carbocycles. The maximum atomic E-state index is 13.3. The summed E-state index contributed by atoms with van der Waals surface area (Å²) in [6.07, 6.45) is 3.78. The number of carbonyl (C=O) groups is 1. The number of fused-ring (bicyclic) bond motifs is 1. The van der Waals surface area contributed by atoms with Crippen LogP contribution >= 0.6 is 0 Å². The predicted octanol–water partition coefficient (Wildman–Crippen LogP) is 1.41. The Morgan fingerprint density at radius 1 is 1.21 bits per heavy atom. The molecule has 176 valence electrons. The largest absolute Gasteiger partial charge is 0.391 e. The van der Waals surface area contributed by atoms with Gasteiger partial charge in [0.2, 0.25) is 5.91 Å². The fourth-order valence-corrected chi connectivity index (χ4v) is 4.16. The molecular weight excluding hydrogens is 424 g/mol. The number of imidazole rings is 1. The average molecular weight is 455 g/mol. The zero-order valence-corrected chi connectivity index (χ0v) is 19.6. The second-order valence-electron chi connectivity index (χ2n) is 8.46. The average Bonchev–Trinajstić information content (AvgIpc) is 3.16. The van der Waals surface area contributed by atoms with Gasteiger partial charge in [-0.05, 0) is 34.6 Å². The van der Waals surface area contributed by atoms with E-state index in [0.717, 1.165) is 5.56 Å². The first-order valence-corrected chi connectivity index (χ1v) is 11.2. The minimum absolute atomic E-state index is 0.0716. The summed E-state index contributed by atoms with van der Waals surface area (Å²) in [5.41, 5.74) is 1.89. The number of aliphatic hydroxyl groups is 1. The van der Waals surface area contributed by atoms with Crippen molar-refractivity contribution in [3.8, 4) is 11.4 Å². The SMILES string of the molecule is CCn1c(-c2cnc(C)nc2)nc2c(N[C@H](C(=O)N3C[C@@H](C)O[C@@H](C)C3)[C@@H](C)O)ncnc21. The van der Waals surface area contributed by atoms with Crippen LogP contribution in [0.1, 0.15) is 33.5 Å². The van der Waals surface area contributed by atoms with Crippen LogP contribution in [0.3, 0.4) is 0 Å². The molecule has 1 aliphatic heterocycles. The Labute approximate surface area is 192 Å². The predicted molar refractivity (Wildman–Crippen MR) is 122 cm³/mol. The van der Waals surface area contributed by atoms with E-state index in [2.05, 4.69) is 25.3 Å². The van der Waals surface area contributed by atoms with Gasteiger partial charge in [0.15, 0.2) is 17.0 Å². The van der Waals surface area contributed by atoms with Gasteiger partial charge in [0, 0.05) is 32.0 Å². The monoisotopic (exact) mass is 454 g/mol. The first-order chi connectivity index (χ1) is 15.8. The number of amides is 1. The summed E-state index contributed by atoms with van der Waals surface area (Å²) < 4.78 is 7.69. The maximum absolute atomic E-state index is 13.3. The Morgan fingerprint density at radius 2 is 1.88 bits per heavy atom. The summed E-state index contributed by atoms with van der Waals surface area (Å²) in [7, 11) is 0. The minimum Gasteiger partial charge on any atom is -0.391 e. The second kappa shape index (κ2) is 9.36. The molecular formula is C22H30N8O3. The van der Waals surface area contributed by atoms with Gasteiger partial charge in [0.25, 0.3) is 0 Å². The molecule has 0 spiro atoms. The number of aryl methyl sites for hydroxylation is 2. The molecule has 33 heavy (non-hydrogen) atoms. The molecule has 3 aromatic heterocycles. The first kappa shape index (κ1) is 23.0. The molecule has 0 bridgehead atoms. The van der Waals surface area contributed by atoms with Crippen molar-refractivity contribution in [2.24, 2.45) is 0 Å². The smallest absolute Gasteiger partial charge is 0.247 e. The minimum atomic E-state index is -0.950. The van der Waals surface area contributed by atoms with Crippen LogP contribution in [0, 0.1) is 6.92 Å². The lowest BCUT2D eigenvalue weighted by molar-refractivity contribution is -0.146. The van der Waals surface area contributed by atoms with Crippen molar-refractivity contribution in [2.75, 3.05) is 18.4 Å². The van der Waals surface area contributed by atoms with Crippen LogP contribution in [0.5, 0.6) is 0 Å². The highest BCUT2D eigenvalue weighted by molar-refractivity contribution is 5.90. The van der Waals surface area contributed by atoms with Crippen LogP contribution in [-0.4, -0.2) is 82.8 Å². The van der Waals surface area contributed by atoms with Crippen molar-refractivity contribution in [1.29, 1.82) is 0 Å². The van der Waals surface area contributed by atoms with E-state index in [-0.39, 0.29) is 18.1 Å². The number of anilines is 1. The molecule has 11 nitrogen and oxygen atoms in total. The molecule has 4 atom stereocenters. The summed E-state index contributed by atoms with van der Waals surface area (Å²) in [5, 5.41) is 13.6. The molecule has 1 amide bonds. The lowest BCUT2D eigenvalue weighted by Crippen LogP contribution is -2.55. The highest BCUT2D eigenvalue weighted by atomic mass is 16.5. The highest BCUT2D eigenvalue weighted by Gasteiger charge is 2.34. The van der Waals surface area contributed by atoms with E-state index < -0.39 is 12.1 Å². The number of nitrogens with zero attached hydrogens (tertiary/aromatic N) is 7. The van der Waals surface area contributed by atoms with Crippen LogP contribution in [-0.2, 0) is 16.1 Å². The second-order valence-corrected chi connectivity index (χ2v) is 8.46. The standard InChI is InChI=1S/C22H30N8O3/c1-6-30-20(16-7-23-15(5)24-8-16)28-18-19(25-11-26-21(18)30)27-17(14(4)31)22(32)29-9-12(2)33-13(3)10-29/h7-8,11-14,17,31H,6,9-10H2,1-5H3,(H,25,26,27)/t12-,13+,14-,17+/m1/s1. The summed E-state index contributed by atoms with van der Waals surface area (Å²) in [6, 6.07) is -0.890. The number of rotatable bonds is 6. The Balaban J connectivity index is 1.69. The number of hydrogen-bond donors (Lipinski definition) is 2. The van der Waals surface area contributed by atoms with Crippen LogP contribution < -0.4 is 5.32 Å². The number of aromatic nitrogens is 6. The van der Waals surface area contributed by atoms with Gasteiger partial charge in [0.05, 0.1) is 23.9 Å². The Hall–Kier alpha value is -3.18. The van der Waals surface area contributed by atoms with Crippen molar-refractivity contribution in [1.82, 2.24) is 34.4 Å². The third-order valence-electron chi connectivity index (χ3n) is 5.66. The molecule has 1 saturated heterocycles. The number of aliphatic hydroxyl groups excluding tert-OH is 1. The number of hydrogen-bond acceptors (Lipinski definition) is 9. The zero-order valence-electron chi connectivity index (χ0n) is 19.6. The van der Waals surface area contributed by atoms with Gasteiger partial charge in [-0.15, -0.1) is 0 Å². The highest BCUT2D eigenvalue weighted by Crippen LogP contribution is 2.27. The molecule has 0 radical (unpaired) electrons. The Morgan fingerprint density at radius 3 is 2.48 bits per heavy atom. The van der Waals surface area contributed by atoms with Gasteiger partial charge in [0.1, 0.15) is 24.0 Å². The van der Waals surface area contributed by atoms with Crippen molar-refractivity contribution >= 4 is 22.9 Å². The topological polar surface area (TPSA) is 131 Å². The van der Waals surface area contributed by atoms with Gasteiger partial charge < -0.3 is 24.6 Å². The Kier molecular flexibility index (Phi) is 6.52. The van der Waals surface area contributed by atoms with Crippen LogP contribution in [0.25, 0.3) is 22.6 Å². The summed E-state index contributed by atoms with van der Waals surface area (Å²) in [6.45, 7) is 10.8. The van der Waals surface area contributed by atoms with E-state index >= 15 is 0 Å². The van der Waals surface area contributed by atoms with E-state index in [1.54, 1.807) is 24.2 Å². The molecule has 11 heteroatoms. The zero-order chi connectivity index (χ0) is 23.7. The van der Waals surface area contributed by atoms with Crippen molar-refractivity contribution in [3.05, 3.63) is 24.5 Å². The fourth-order valence-electron chi connectivity index (χ4n) is 4.16. The van der Waals surface area contributed by atoms with Crippen LogP contribution in [0.15, 0.2) is 18.7 Å². The van der Waals surface area contributed by atoms with Crippen LogP contribution in [0.2, 0.25) is 0 Å². The summed E-state index contributed by atoms with van der Waals surface area (Å²) >= 11 is 0. The molecule has 3 aromatic rings. The molecule has 4 heterocycles. The third-order valence-corrected chi connectivity index (χ3v) is 5.66. The first-order valence-electron chi connectivity index (χ1n) is 11.2. The number of ether oxygens (including phenoxy) is 1. The van der Waals surface area contributed by atoms with Crippen LogP contribution in [0.4, 0.5) is 5.82 Å². The molecule has 0 unspecified atom stereocenters. The van der Waals surface area contributed by atoms with Crippen molar-refractivity contribution in [2.45, 2.75) is 65.5 Å². The van der Waals surface area contributed by atoms with E-state index in [1.165, 1.54) is 6.33 Å². The summed E-state index contributed by atoms with van der Waals surface area (Å²) in [5.74, 6) is 1.51. The maximum Gasteiger partial charge on any atom is 0.247 e. The number of carbonyl (C=O) groups excluding carboxylic acids is 1. The van der Waals surface area contributed by atoms with E-state index in [1.807, 2.05) is 32.3 Å². The number of morpholine rings is 1. The van der Waals surface area contributed by atoms with Crippen molar-refractivity contribution < 1.29 is 14.6 Å². The van der Waals surface area contributed by atoms with Gasteiger partial charge in [-0.2, -0.15) is 0 Å². The Bertz CT molecular complexity index is 1120. The molecule has 4 rings (SSSR count). The quantitative estimate of drug-likeness (QED) is 0.567. The molecule has 1 aliphatic rings. The molecule has 1 fully saturated rings. The number of nitrogens with one attached hydrogen (secondary N) is 1. The normalized spacial score (nSPS) is 20.6. The van der Waals surface area contributed by atoms with Gasteiger partial charge >= 0.3 is 0 Å². The van der Waals surface area contributed by atoms with E-state index in [0.29, 0.717) is 48.3 Å².